The van der Waals surface area contributed by atoms with Crippen molar-refractivity contribution in [2.75, 3.05) is 20.2 Å². The number of ether oxygens (including phenoxy) is 1. The number of fused-ring (bicyclic) bond motifs is 2. The molecule has 208 valence electrons. The Morgan fingerprint density at radius 3 is 2.83 bits per heavy atom. The lowest BCUT2D eigenvalue weighted by atomic mass is 9.64. The van der Waals surface area contributed by atoms with Gasteiger partial charge in [0.05, 0.1) is 11.1 Å². The number of ketones is 1. The minimum atomic E-state index is -0.570. The van der Waals surface area contributed by atoms with E-state index in [0.29, 0.717) is 53.8 Å². The zero-order valence-electron chi connectivity index (χ0n) is 22.9. The lowest BCUT2D eigenvalue weighted by molar-refractivity contribution is -0.128. The maximum atomic E-state index is 13.2. The van der Waals surface area contributed by atoms with Crippen LogP contribution in [0.2, 0.25) is 0 Å². The number of allylic oxidation sites excluding steroid dienone is 1. The number of hydrogen-bond acceptors (Lipinski definition) is 10. The Morgan fingerprint density at radius 2 is 2.05 bits per heavy atom. The Bertz CT molecular complexity index is 1430. The third-order valence-corrected chi connectivity index (χ3v) is 8.51. The Hall–Kier alpha value is -3.92. The normalized spacial score (nSPS) is 23.7. The van der Waals surface area contributed by atoms with Crippen LogP contribution in [-0.4, -0.2) is 62.7 Å². The zero-order valence-corrected chi connectivity index (χ0v) is 22.9. The van der Waals surface area contributed by atoms with Gasteiger partial charge in [0, 0.05) is 42.0 Å². The fourth-order valence-corrected chi connectivity index (χ4v) is 6.33. The van der Waals surface area contributed by atoms with Gasteiger partial charge in [-0.25, -0.2) is 9.98 Å². The number of aromatic nitrogens is 4. The molecule has 0 bridgehead atoms. The van der Waals surface area contributed by atoms with Crippen LogP contribution in [-0.2, 0) is 16.6 Å². The van der Waals surface area contributed by atoms with Gasteiger partial charge in [0.2, 0.25) is 5.88 Å². The van der Waals surface area contributed by atoms with E-state index in [-0.39, 0.29) is 5.78 Å². The average Bonchev–Trinajstić information content (AvgIpc) is 3.60. The van der Waals surface area contributed by atoms with E-state index in [2.05, 4.69) is 22.1 Å². The van der Waals surface area contributed by atoms with Crippen molar-refractivity contribution in [3.8, 4) is 17.4 Å². The molecule has 3 aromatic heterocycles. The number of likely N-dealkylation sites (N-methyl/N-ethyl adjacent to an activating group) is 1. The van der Waals surface area contributed by atoms with Crippen molar-refractivity contribution < 1.29 is 14.1 Å². The number of carbonyl (C=O) groups excluding carboxylic acids is 1. The molecule has 40 heavy (non-hydrogen) atoms. The van der Waals surface area contributed by atoms with E-state index < -0.39 is 5.41 Å². The van der Waals surface area contributed by atoms with E-state index in [1.54, 1.807) is 24.5 Å². The lowest BCUT2D eigenvalue weighted by Gasteiger charge is -2.36. The number of nitrogens with two attached hydrogens (primary N) is 1. The van der Waals surface area contributed by atoms with E-state index in [1.807, 2.05) is 12.1 Å². The van der Waals surface area contributed by atoms with E-state index in [1.165, 1.54) is 6.20 Å². The maximum absolute atomic E-state index is 13.2. The lowest BCUT2D eigenvalue weighted by Crippen LogP contribution is -2.41. The molecule has 1 saturated heterocycles. The minimum absolute atomic E-state index is 0.266. The molecule has 1 saturated carbocycles. The highest BCUT2D eigenvalue weighted by Crippen LogP contribution is 2.47. The van der Waals surface area contributed by atoms with Crippen LogP contribution in [0.3, 0.4) is 0 Å². The van der Waals surface area contributed by atoms with Crippen molar-refractivity contribution in [2.24, 2.45) is 10.7 Å². The number of hydrogen-bond donors (Lipinski definition) is 1. The van der Waals surface area contributed by atoms with Crippen LogP contribution in [0.4, 0.5) is 5.82 Å². The first kappa shape index (κ1) is 26.3. The van der Waals surface area contributed by atoms with Crippen LogP contribution in [0, 0.1) is 0 Å². The Labute approximate surface area is 233 Å². The molecule has 1 spiro atoms. The number of Topliss-reactive ketones (excluding diaryl/α,β-unsaturated/α-hetero) is 1. The molecule has 10 heteroatoms. The topological polar surface area (TPSA) is 133 Å². The molecule has 0 amide bonds. The van der Waals surface area contributed by atoms with Gasteiger partial charge in [-0.05, 0) is 82.9 Å². The zero-order chi connectivity index (χ0) is 27.5. The summed E-state index contributed by atoms with van der Waals surface area (Å²) in [6.45, 7) is 1.58. The summed E-state index contributed by atoms with van der Waals surface area (Å²) in [5.41, 5.74) is 8.16. The Balaban J connectivity index is 1.41. The molecule has 0 aromatic carbocycles. The molecule has 3 aliphatic rings. The molecule has 1 aliphatic heterocycles. The summed E-state index contributed by atoms with van der Waals surface area (Å²) in [6, 6.07) is 5.80. The van der Waals surface area contributed by atoms with Crippen LogP contribution < -0.4 is 10.5 Å². The number of likely N-dealkylation sites (tertiary alicyclic amines) is 1. The first-order valence-corrected chi connectivity index (χ1v) is 14.2. The summed E-state index contributed by atoms with van der Waals surface area (Å²) in [5.74, 6) is 2.19. The van der Waals surface area contributed by atoms with Crippen molar-refractivity contribution in [3.63, 3.8) is 0 Å². The highest BCUT2D eigenvalue weighted by Gasteiger charge is 2.48. The van der Waals surface area contributed by atoms with Crippen molar-refractivity contribution in [1.29, 1.82) is 0 Å². The number of nitrogens with zero attached hydrogens (tertiary/aromatic N) is 6. The first-order chi connectivity index (χ1) is 19.6. The standard InChI is InChI=1S/C30H35N7O3/c1-37-17-5-6-21(37)19-39-26-18-25(33-23(9-14-31)20-10-15-32-16-11-20)34-29(35-26)27-22-7-4-13-30(28(22)40-36-27)12-3-2-8-24(30)38/h9-11,14-16,18,21H,2-8,12-13,17,19,31H2,1H3/b14-9-,33-23-/t21-,30+/m0/s1. The van der Waals surface area contributed by atoms with Gasteiger partial charge in [0.1, 0.15) is 12.4 Å². The Kier molecular flexibility index (Phi) is 7.42. The van der Waals surface area contributed by atoms with Gasteiger partial charge < -0.3 is 19.9 Å². The van der Waals surface area contributed by atoms with Gasteiger partial charge in [0.15, 0.2) is 23.1 Å². The predicted octanol–water partition coefficient (Wildman–Crippen LogP) is 4.31. The number of rotatable bonds is 7. The quantitative estimate of drug-likeness (QED) is 0.434. The fraction of sp³-hybridized carbons (Fsp3) is 0.467. The SMILES string of the molecule is CN1CCC[C@H]1COc1cc(/N=C(/C=C\N)c2ccncc2)nc(-c2noc3c2CCC[C@@]32CCCCC2=O)n1. The molecule has 6 rings (SSSR count). The van der Waals surface area contributed by atoms with E-state index in [9.17, 15) is 4.79 Å². The summed E-state index contributed by atoms with van der Waals surface area (Å²) < 4.78 is 12.2. The van der Waals surface area contributed by atoms with Gasteiger partial charge in [-0.3, -0.25) is 9.78 Å². The van der Waals surface area contributed by atoms with Crippen LogP contribution in [0.15, 0.2) is 52.4 Å². The molecule has 2 atom stereocenters. The minimum Gasteiger partial charge on any atom is -0.476 e. The smallest absolute Gasteiger partial charge is 0.219 e. The van der Waals surface area contributed by atoms with E-state index >= 15 is 0 Å². The maximum Gasteiger partial charge on any atom is 0.219 e. The molecular weight excluding hydrogens is 506 g/mol. The van der Waals surface area contributed by atoms with Crippen LogP contribution in [0.1, 0.15) is 68.3 Å². The monoisotopic (exact) mass is 541 g/mol. The van der Waals surface area contributed by atoms with Gasteiger partial charge in [-0.2, -0.15) is 4.98 Å². The Morgan fingerprint density at radius 1 is 1.20 bits per heavy atom. The van der Waals surface area contributed by atoms with Gasteiger partial charge >= 0.3 is 0 Å². The molecular formula is C30H35N7O3. The molecule has 3 aromatic rings. The van der Waals surface area contributed by atoms with Crippen LogP contribution >= 0.6 is 0 Å². The molecule has 2 aliphatic carbocycles. The molecule has 2 fully saturated rings. The first-order valence-electron chi connectivity index (χ1n) is 14.2. The van der Waals surface area contributed by atoms with E-state index in [4.69, 9.17) is 30.0 Å². The van der Waals surface area contributed by atoms with Gasteiger partial charge in [0.25, 0.3) is 0 Å². The second kappa shape index (κ2) is 11.3. The summed E-state index contributed by atoms with van der Waals surface area (Å²) in [4.78, 5) is 34.0. The highest BCUT2D eigenvalue weighted by molar-refractivity contribution is 6.09. The number of carbonyl (C=O) groups is 1. The van der Waals surface area contributed by atoms with Crippen molar-refractivity contribution >= 4 is 17.3 Å². The van der Waals surface area contributed by atoms with Gasteiger partial charge in [-0.15, -0.1) is 0 Å². The average molecular weight is 542 g/mol. The summed E-state index contributed by atoms with van der Waals surface area (Å²) in [5, 5.41) is 4.45. The van der Waals surface area contributed by atoms with Crippen molar-refractivity contribution in [1.82, 2.24) is 25.0 Å². The van der Waals surface area contributed by atoms with Crippen molar-refractivity contribution in [3.05, 3.63) is 59.8 Å². The second-order valence-electron chi connectivity index (χ2n) is 11.0. The van der Waals surface area contributed by atoms with Crippen molar-refractivity contribution in [2.45, 2.75) is 69.2 Å². The predicted molar refractivity (Wildman–Crippen MR) is 151 cm³/mol. The molecule has 0 radical (unpaired) electrons. The molecule has 2 N–H and O–H groups in total. The fourth-order valence-electron chi connectivity index (χ4n) is 6.33. The van der Waals surface area contributed by atoms with Crippen LogP contribution in [0.25, 0.3) is 11.5 Å². The highest BCUT2D eigenvalue weighted by atomic mass is 16.5. The molecule has 4 heterocycles. The number of aliphatic imine (C=N–C) groups is 1. The summed E-state index contributed by atoms with van der Waals surface area (Å²) >= 11 is 0. The summed E-state index contributed by atoms with van der Waals surface area (Å²) in [7, 11) is 2.12. The van der Waals surface area contributed by atoms with Crippen LogP contribution in [0.5, 0.6) is 5.88 Å². The summed E-state index contributed by atoms with van der Waals surface area (Å²) in [6.07, 6.45) is 14.6. The molecule has 0 unspecified atom stereocenters. The van der Waals surface area contributed by atoms with E-state index in [0.717, 1.165) is 69.0 Å². The van der Waals surface area contributed by atoms with Gasteiger partial charge in [-0.1, -0.05) is 11.6 Å². The number of pyridine rings is 1. The largest absolute Gasteiger partial charge is 0.476 e. The second-order valence-corrected chi connectivity index (χ2v) is 11.0. The third kappa shape index (κ3) is 5.03. The third-order valence-electron chi connectivity index (χ3n) is 8.51. The molecule has 10 nitrogen and oxygen atoms in total.